The number of carbonyl (C=O) groups is 1. The van der Waals surface area contributed by atoms with E-state index < -0.39 is 6.43 Å². The Morgan fingerprint density at radius 3 is 2.57 bits per heavy atom. The summed E-state index contributed by atoms with van der Waals surface area (Å²) in [7, 11) is 0. The molecule has 0 aliphatic rings. The Labute approximate surface area is 86.5 Å². The summed E-state index contributed by atoms with van der Waals surface area (Å²) in [5.74, 6) is -0.150. The third-order valence-corrected chi connectivity index (χ3v) is 2.09. The number of alkyl halides is 2. The SMILES string of the molecule is CCC(=O)c1cc(S)cc(C(F)F)c1. The maximum Gasteiger partial charge on any atom is 0.263 e. The molecule has 14 heavy (non-hydrogen) atoms. The van der Waals surface area contributed by atoms with E-state index in [0.717, 1.165) is 0 Å². The summed E-state index contributed by atoms with van der Waals surface area (Å²) < 4.78 is 24.7. The summed E-state index contributed by atoms with van der Waals surface area (Å²) >= 11 is 3.97. The molecule has 4 heteroatoms. The van der Waals surface area contributed by atoms with Crippen LogP contribution in [0.2, 0.25) is 0 Å². The maximum atomic E-state index is 12.3. The first kappa shape index (κ1) is 11.2. The minimum atomic E-state index is -2.56. The van der Waals surface area contributed by atoms with Crippen LogP contribution >= 0.6 is 12.6 Å². The molecule has 0 saturated carbocycles. The molecule has 1 rings (SSSR count). The number of carbonyl (C=O) groups excluding carboxylic acids is 1. The van der Waals surface area contributed by atoms with Crippen LogP contribution in [0.25, 0.3) is 0 Å². The Hall–Kier alpha value is -0.900. The lowest BCUT2D eigenvalue weighted by Crippen LogP contribution is -1.98. The van der Waals surface area contributed by atoms with Crippen LogP contribution in [0, 0.1) is 0 Å². The largest absolute Gasteiger partial charge is 0.294 e. The zero-order valence-corrected chi connectivity index (χ0v) is 8.52. The zero-order valence-electron chi connectivity index (χ0n) is 7.63. The topological polar surface area (TPSA) is 17.1 Å². The van der Waals surface area contributed by atoms with Gasteiger partial charge in [0.15, 0.2) is 5.78 Å². The highest BCUT2D eigenvalue weighted by atomic mass is 32.1. The van der Waals surface area contributed by atoms with Crippen LogP contribution in [0.15, 0.2) is 23.1 Å². The highest BCUT2D eigenvalue weighted by molar-refractivity contribution is 7.80. The van der Waals surface area contributed by atoms with E-state index in [1.165, 1.54) is 18.2 Å². The lowest BCUT2D eigenvalue weighted by Gasteiger charge is -2.04. The third kappa shape index (κ3) is 2.54. The highest BCUT2D eigenvalue weighted by Gasteiger charge is 2.11. The lowest BCUT2D eigenvalue weighted by atomic mass is 10.1. The second kappa shape index (κ2) is 4.55. The van der Waals surface area contributed by atoms with Crippen molar-refractivity contribution in [1.82, 2.24) is 0 Å². The second-order valence-electron chi connectivity index (χ2n) is 2.89. The molecule has 76 valence electrons. The molecule has 1 nitrogen and oxygen atoms in total. The number of benzene rings is 1. The van der Waals surface area contributed by atoms with Crippen molar-refractivity contribution in [2.24, 2.45) is 0 Å². The van der Waals surface area contributed by atoms with Crippen molar-refractivity contribution < 1.29 is 13.6 Å². The molecule has 0 aromatic heterocycles. The minimum absolute atomic E-state index is 0.150. The first-order chi connectivity index (χ1) is 6.54. The minimum Gasteiger partial charge on any atom is -0.294 e. The fourth-order valence-corrected chi connectivity index (χ4v) is 1.41. The molecule has 0 radical (unpaired) electrons. The van der Waals surface area contributed by atoms with Gasteiger partial charge in [0.1, 0.15) is 0 Å². The predicted octanol–water partition coefficient (Wildman–Crippen LogP) is 3.51. The Morgan fingerprint density at radius 2 is 2.07 bits per heavy atom. The Bertz CT molecular complexity index is 350. The van der Waals surface area contributed by atoms with E-state index in [1.807, 2.05) is 0 Å². The van der Waals surface area contributed by atoms with Crippen molar-refractivity contribution in [3.8, 4) is 0 Å². The zero-order chi connectivity index (χ0) is 10.7. The Balaban J connectivity index is 3.13. The van der Waals surface area contributed by atoms with E-state index in [0.29, 0.717) is 16.9 Å². The van der Waals surface area contributed by atoms with E-state index in [9.17, 15) is 13.6 Å². The standard InChI is InChI=1S/C10H10F2OS/c1-2-9(13)6-3-7(10(11)12)5-8(14)4-6/h3-5,10,14H,2H2,1H3. The Morgan fingerprint density at radius 1 is 1.43 bits per heavy atom. The lowest BCUT2D eigenvalue weighted by molar-refractivity contribution is 0.0987. The highest BCUT2D eigenvalue weighted by Crippen LogP contribution is 2.23. The van der Waals surface area contributed by atoms with Gasteiger partial charge < -0.3 is 0 Å². The molecule has 0 amide bonds. The molecule has 0 saturated heterocycles. The fraction of sp³-hybridized carbons (Fsp3) is 0.300. The number of hydrogen-bond donors (Lipinski definition) is 1. The summed E-state index contributed by atoms with van der Waals surface area (Å²) in [5, 5.41) is 0. The van der Waals surface area contributed by atoms with E-state index >= 15 is 0 Å². The number of rotatable bonds is 3. The molecular weight excluding hydrogens is 206 g/mol. The van der Waals surface area contributed by atoms with Crippen LogP contribution in [0.4, 0.5) is 8.78 Å². The van der Waals surface area contributed by atoms with Crippen molar-refractivity contribution in [3.63, 3.8) is 0 Å². The molecule has 0 fully saturated rings. The fourth-order valence-electron chi connectivity index (χ4n) is 1.13. The molecule has 1 aromatic carbocycles. The average Bonchev–Trinajstić information content (AvgIpc) is 2.15. The van der Waals surface area contributed by atoms with E-state index in [2.05, 4.69) is 12.6 Å². The second-order valence-corrected chi connectivity index (χ2v) is 3.41. The van der Waals surface area contributed by atoms with E-state index in [4.69, 9.17) is 0 Å². The van der Waals surface area contributed by atoms with Gasteiger partial charge in [0.2, 0.25) is 0 Å². The first-order valence-electron chi connectivity index (χ1n) is 4.20. The van der Waals surface area contributed by atoms with E-state index in [1.54, 1.807) is 6.92 Å². The van der Waals surface area contributed by atoms with Crippen molar-refractivity contribution in [3.05, 3.63) is 29.3 Å². The van der Waals surface area contributed by atoms with Gasteiger partial charge in [-0.25, -0.2) is 8.78 Å². The summed E-state index contributed by atoms with van der Waals surface area (Å²) in [5.41, 5.74) is 0.143. The van der Waals surface area contributed by atoms with Crippen molar-refractivity contribution in [2.45, 2.75) is 24.7 Å². The normalized spacial score (nSPS) is 10.6. The van der Waals surface area contributed by atoms with Crippen molar-refractivity contribution >= 4 is 18.4 Å². The molecule has 0 heterocycles. The van der Waals surface area contributed by atoms with Crippen LogP contribution in [0.3, 0.4) is 0 Å². The molecule has 0 aliphatic carbocycles. The molecule has 0 N–H and O–H groups in total. The van der Waals surface area contributed by atoms with Crippen LogP contribution < -0.4 is 0 Å². The summed E-state index contributed by atoms with van der Waals surface area (Å²) in [4.78, 5) is 11.7. The number of halogens is 2. The van der Waals surface area contributed by atoms with E-state index in [-0.39, 0.29) is 11.3 Å². The van der Waals surface area contributed by atoms with Crippen LogP contribution in [-0.4, -0.2) is 5.78 Å². The molecular formula is C10H10F2OS. The summed E-state index contributed by atoms with van der Waals surface area (Å²) in [6.45, 7) is 1.69. The van der Waals surface area contributed by atoms with Gasteiger partial charge in [-0.15, -0.1) is 12.6 Å². The average molecular weight is 216 g/mol. The monoisotopic (exact) mass is 216 g/mol. The molecule has 0 bridgehead atoms. The van der Waals surface area contributed by atoms with Crippen LogP contribution in [0.1, 0.15) is 35.7 Å². The van der Waals surface area contributed by atoms with Gasteiger partial charge in [-0.3, -0.25) is 4.79 Å². The van der Waals surface area contributed by atoms with Gasteiger partial charge in [0.25, 0.3) is 6.43 Å². The van der Waals surface area contributed by atoms with Gasteiger partial charge in [-0.05, 0) is 18.2 Å². The summed E-state index contributed by atoms with van der Waals surface area (Å²) in [6.07, 6.45) is -2.26. The number of Topliss-reactive ketones (excluding diaryl/α,β-unsaturated/α-hetero) is 1. The Kier molecular flexibility index (Phi) is 3.63. The number of ketones is 1. The summed E-state index contributed by atoms with van der Waals surface area (Å²) in [6, 6.07) is 3.98. The predicted molar refractivity (Wildman–Crippen MR) is 53.3 cm³/mol. The van der Waals surface area contributed by atoms with Gasteiger partial charge in [0, 0.05) is 22.4 Å². The van der Waals surface area contributed by atoms with Crippen LogP contribution in [-0.2, 0) is 0 Å². The first-order valence-corrected chi connectivity index (χ1v) is 4.64. The molecule has 0 spiro atoms. The molecule has 0 unspecified atom stereocenters. The van der Waals surface area contributed by atoms with Gasteiger partial charge in [-0.1, -0.05) is 6.92 Å². The van der Waals surface area contributed by atoms with Crippen LogP contribution in [0.5, 0.6) is 0 Å². The number of hydrogen-bond acceptors (Lipinski definition) is 2. The molecule has 0 aliphatic heterocycles. The van der Waals surface area contributed by atoms with Gasteiger partial charge in [0.05, 0.1) is 0 Å². The van der Waals surface area contributed by atoms with Crippen molar-refractivity contribution in [2.75, 3.05) is 0 Å². The smallest absolute Gasteiger partial charge is 0.263 e. The molecule has 1 aromatic rings. The quantitative estimate of drug-likeness (QED) is 0.604. The number of thiol groups is 1. The maximum absolute atomic E-state index is 12.3. The van der Waals surface area contributed by atoms with Gasteiger partial charge >= 0.3 is 0 Å². The third-order valence-electron chi connectivity index (χ3n) is 1.84. The molecule has 0 atom stereocenters. The van der Waals surface area contributed by atoms with Gasteiger partial charge in [-0.2, -0.15) is 0 Å². The van der Waals surface area contributed by atoms with Crippen molar-refractivity contribution in [1.29, 1.82) is 0 Å².